The summed E-state index contributed by atoms with van der Waals surface area (Å²) in [6.07, 6.45) is 2.60. The Morgan fingerprint density at radius 1 is 1.13 bits per heavy atom. The molecule has 0 spiro atoms. The first kappa shape index (κ1) is 23.5. The number of hydrogen-bond donors (Lipinski definition) is 1. The topological polar surface area (TPSA) is 75.7 Å². The molecule has 6 nitrogen and oxygen atoms in total. The summed E-state index contributed by atoms with van der Waals surface area (Å²) < 4.78 is 60.0. The number of halogens is 2. The fourth-order valence-corrected chi connectivity index (χ4v) is 5.63. The van der Waals surface area contributed by atoms with E-state index >= 15 is 0 Å². The Morgan fingerprint density at radius 2 is 1.87 bits per heavy atom. The lowest BCUT2D eigenvalue weighted by atomic mass is 10.2. The van der Waals surface area contributed by atoms with E-state index in [4.69, 9.17) is 4.74 Å². The van der Waals surface area contributed by atoms with Crippen LogP contribution in [0.25, 0.3) is 0 Å². The number of ether oxygens (including phenoxy) is 1. The number of amides is 1. The number of benzene rings is 2. The van der Waals surface area contributed by atoms with Gasteiger partial charge in [0.05, 0.1) is 12.4 Å². The Hall–Kier alpha value is -2.17. The van der Waals surface area contributed by atoms with E-state index in [1.54, 1.807) is 13.0 Å². The maximum absolute atomic E-state index is 13.7. The van der Waals surface area contributed by atoms with E-state index in [-0.39, 0.29) is 21.3 Å². The molecule has 1 fully saturated rings. The number of carbonyl (C=O) groups is 1. The van der Waals surface area contributed by atoms with E-state index in [0.29, 0.717) is 25.4 Å². The molecule has 0 unspecified atom stereocenters. The lowest BCUT2D eigenvalue weighted by Crippen LogP contribution is -2.35. The number of anilines is 1. The largest absolute Gasteiger partial charge is 0.492 e. The predicted octanol–water partition coefficient (Wildman–Crippen LogP) is 4.27. The standard InChI is InChI=1S/C21H24F2N2O4S2/c1-2-29-18-8-7-16(13-20(18)31(27,28)25-10-4-3-5-11-25)24-21(26)14-30-19-9-6-15(22)12-17(19)23/h6-9,12-13H,2-5,10-11,14H2,1H3,(H,24,26). The molecule has 0 aliphatic carbocycles. The molecule has 1 aliphatic rings. The van der Waals surface area contributed by atoms with Gasteiger partial charge < -0.3 is 10.1 Å². The maximum atomic E-state index is 13.7. The summed E-state index contributed by atoms with van der Waals surface area (Å²) in [6, 6.07) is 7.60. The monoisotopic (exact) mass is 470 g/mol. The van der Waals surface area contributed by atoms with Crippen molar-refractivity contribution in [2.24, 2.45) is 0 Å². The minimum atomic E-state index is -3.77. The lowest BCUT2D eigenvalue weighted by Gasteiger charge is -2.27. The molecule has 1 N–H and O–H groups in total. The van der Waals surface area contributed by atoms with E-state index in [1.165, 1.54) is 22.5 Å². The summed E-state index contributed by atoms with van der Waals surface area (Å²) in [5.74, 6) is -1.77. The molecular formula is C21H24F2N2O4S2. The molecule has 1 aliphatic heterocycles. The van der Waals surface area contributed by atoms with Crippen LogP contribution in [0.3, 0.4) is 0 Å². The van der Waals surface area contributed by atoms with Crippen molar-refractivity contribution in [1.29, 1.82) is 0 Å². The van der Waals surface area contributed by atoms with Crippen LogP contribution in [0.2, 0.25) is 0 Å². The highest BCUT2D eigenvalue weighted by Gasteiger charge is 2.29. The molecule has 168 valence electrons. The second kappa shape index (κ2) is 10.4. The normalized spacial score (nSPS) is 14.9. The number of hydrogen-bond acceptors (Lipinski definition) is 5. The van der Waals surface area contributed by atoms with Gasteiger partial charge in [-0.1, -0.05) is 6.42 Å². The SMILES string of the molecule is CCOc1ccc(NC(=O)CSc2ccc(F)cc2F)cc1S(=O)(=O)N1CCCCC1. The van der Waals surface area contributed by atoms with Crippen LogP contribution >= 0.6 is 11.8 Å². The van der Waals surface area contributed by atoms with E-state index < -0.39 is 27.6 Å². The van der Waals surface area contributed by atoms with Crippen LogP contribution in [-0.2, 0) is 14.8 Å². The quantitative estimate of drug-likeness (QED) is 0.583. The van der Waals surface area contributed by atoms with Crippen molar-refractivity contribution in [2.45, 2.75) is 36.0 Å². The van der Waals surface area contributed by atoms with Gasteiger partial charge in [-0.15, -0.1) is 11.8 Å². The number of nitrogens with zero attached hydrogens (tertiary/aromatic N) is 1. The van der Waals surface area contributed by atoms with Gasteiger partial charge in [0, 0.05) is 29.7 Å². The molecule has 0 atom stereocenters. The van der Waals surface area contributed by atoms with Gasteiger partial charge in [0.1, 0.15) is 22.3 Å². The van der Waals surface area contributed by atoms with Gasteiger partial charge in [-0.05, 0) is 50.1 Å². The van der Waals surface area contributed by atoms with Crippen molar-refractivity contribution in [3.05, 3.63) is 48.0 Å². The molecule has 1 amide bonds. The molecular weight excluding hydrogens is 446 g/mol. The molecule has 2 aromatic carbocycles. The summed E-state index contributed by atoms with van der Waals surface area (Å²) in [5.41, 5.74) is 0.296. The van der Waals surface area contributed by atoms with Gasteiger partial charge in [0.2, 0.25) is 15.9 Å². The fourth-order valence-electron chi connectivity index (χ4n) is 3.24. The van der Waals surface area contributed by atoms with E-state index in [1.807, 2.05) is 0 Å². The number of nitrogens with one attached hydrogen (secondary N) is 1. The molecule has 10 heteroatoms. The molecule has 1 heterocycles. The van der Waals surface area contributed by atoms with Crippen LogP contribution in [-0.4, -0.2) is 44.1 Å². The number of thioether (sulfide) groups is 1. The third-order valence-electron chi connectivity index (χ3n) is 4.71. The second-order valence-electron chi connectivity index (χ2n) is 6.97. The molecule has 1 saturated heterocycles. The van der Waals surface area contributed by atoms with Gasteiger partial charge in [-0.25, -0.2) is 17.2 Å². The Labute approximate surface area is 185 Å². The first-order valence-corrected chi connectivity index (χ1v) is 12.4. The van der Waals surface area contributed by atoms with Crippen LogP contribution in [0.5, 0.6) is 5.75 Å². The third kappa shape index (κ3) is 5.96. The van der Waals surface area contributed by atoms with Crippen LogP contribution in [0, 0.1) is 11.6 Å². The third-order valence-corrected chi connectivity index (χ3v) is 7.68. The summed E-state index contributed by atoms with van der Waals surface area (Å²) in [7, 11) is -3.77. The molecule has 0 saturated carbocycles. The van der Waals surface area contributed by atoms with Crippen molar-refractivity contribution >= 4 is 33.4 Å². The van der Waals surface area contributed by atoms with Crippen molar-refractivity contribution in [1.82, 2.24) is 4.31 Å². The maximum Gasteiger partial charge on any atom is 0.246 e. The molecule has 3 rings (SSSR count). The number of sulfonamides is 1. The van der Waals surface area contributed by atoms with E-state index in [0.717, 1.165) is 43.2 Å². The Kier molecular flexibility index (Phi) is 7.90. The molecule has 2 aromatic rings. The van der Waals surface area contributed by atoms with E-state index in [2.05, 4.69) is 5.32 Å². The predicted molar refractivity (Wildman–Crippen MR) is 116 cm³/mol. The second-order valence-corrected chi connectivity index (χ2v) is 9.89. The van der Waals surface area contributed by atoms with E-state index in [9.17, 15) is 22.0 Å². The molecule has 0 aromatic heterocycles. The van der Waals surface area contributed by atoms with Crippen molar-refractivity contribution in [3.63, 3.8) is 0 Å². The smallest absolute Gasteiger partial charge is 0.246 e. The Morgan fingerprint density at radius 3 is 2.55 bits per heavy atom. The number of rotatable bonds is 8. The minimum absolute atomic E-state index is 0.00582. The van der Waals surface area contributed by atoms with Gasteiger partial charge in [-0.3, -0.25) is 4.79 Å². The van der Waals surface area contributed by atoms with Gasteiger partial charge in [0.25, 0.3) is 0 Å². The highest BCUT2D eigenvalue weighted by Crippen LogP contribution is 2.31. The van der Waals surface area contributed by atoms with Gasteiger partial charge in [0.15, 0.2) is 0 Å². The van der Waals surface area contributed by atoms with Gasteiger partial charge >= 0.3 is 0 Å². The molecule has 31 heavy (non-hydrogen) atoms. The van der Waals surface area contributed by atoms with Crippen LogP contribution in [0.15, 0.2) is 46.2 Å². The Bertz CT molecular complexity index is 1040. The number of piperidine rings is 1. The van der Waals surface area contributed by atoms with Crippen molar-refractivity contribution in [3.8, 4) is 5.75 Å². The summed E-state index contributed by atoms with van der Waals surface area (Å²) in [5, 5.41) is 2.63. The highest BCUT2D eigenvalue weighted by molar-refractivity contribution is 8.00. The first-order valence-electron chi connectivity index (χ1n) is 9.96. The zero-order valence-electron chi connectivity index (χ0n) is 17.1. The summed E-state index contributed by atoms with van der Waals surface area (Å²) in [4.78, 5) is 12.5. The number of carbonyl (C=O) groups excluding carboxylic acids is 1. The zero-order chi connectivity index (χ0) is 22.4. The van der Waals surface area contributed by atoms with Gasteiger partial charge in [-0.2, -0.15) is 4.31 Å². The van der Waals surface area contributed by atoms with Crippen LogP contribution in [0.1, 0.15) is 26.2 Å². The van der Waals surface area contributed by atoms with Crippen molar-refractivity contribution in [2.75, 3.05) is 30.8 Å². The average Bonchev–Trinajstić information content (AvgIpc) is 2.75. The Balaban J connectivity index is 1.75. The zero-order valence-corrected chi connectivity index (χ0v) is 18.7. The molecule has 0 bridgehead atoms. The first-order chi connectivity index (χ1) is 14.8. The molecule has 0 radical (unpaired) electrons. The summed E-state index contributed by atoms with van der Waals surface area (Å²) in [6.45, 7) is 2.96. The minimum Gasteiger partial charge on any atom is -0.492 e. The van der Waals surface area contributed by atoms with Crippen LogP contribution in [0.4, 0.5) is 14.5 Å². The average molecular weight is 471 g/mol. The fraction of sp³-hybridized carbons (Fsp3) is 0.381. The highest BCUT2D eigenvalue weighted by atomic mass is 32.2. The lowest BCUT2D eigenvalue weighted by molar-refractivity contribution is -0.113. The van der Waals surface area contributed by atoms with Crippen LogP contribution < -0.4 is 10.1 Å². The van der Waals surface area contributed by atoms with Crippen molar-refractivity contribution < 1.29 is 26.7 Å². The summed E-state index contributed by atoms with van der Waals surface area (Å²) >= 11 is 0.922.